The molecule has 0 radical (unpaired) electrons. The van der Waals surface area contributed by atoms with Crippen molar-refractivity contribution in [2.45, 2.75) is 0 Å². The maximum absolute atomic E-state index is 11.7. The molecule has 6 nitrogen and oxygen atoms in total. The van der Waals surface area contributed by atoms with Crippen LogP contribution in [-0.2, 0) is 4.79 Å². The molecule has 0 aliphatic carbocycles. The van der Waals surface area contributed by atoms with Crippen LogP contribution in [0.5, 0.6) is 5.75 Å². The molecule has 2 aromatic rings. The Hall–Kier alpha value is -2.76. The maximum atomic E-state index is 11.7. The smallest absolute Gasteiger partial charge is 0.291 e. The molecular weight excluding hydrogens is 250 g/mol. The van der Waals surface area contributed by atoms with Crippen LogP contribution in [-0.4, -0.2) is 18.5 Å². The van der Waals surface area contributed by atoms with Gasteiger partial charge in [0, 0.05) is 11.8 Å². The SMILES string of the molecule is O=C([O-])COc1cccc(NC(=O)c2ccco2)c1. The zero-order valence-electron chi connectivity index (χ0n) is 9.79. The van der Waals surface area contributed by atoms with Crippen LogP contribution in [0.15, 0.2) is 47.1 Å². The fraction of sp³-hybridized carbons (Fsp3) is 0.0769. The molecule has 19 heavy (non-hydrogen) atoms. The summed E-state index contributed by atoms with van der Waals surface area (Å²) in [5, 5.41) is 12.9. The number of rotatable bonds is 5. The van der Waals surface area contributed by atoms with E-state index in [1.807, 2.05) is 0 Å². The van der Waals surface area contributed by atoms with Crippen molar-refractivity contribution in [3.05, 3.63) is 48.4 Å². The van der Waals surface area contributed by atoms with E-state index < -0.39 is 18.5 Å². The molecule has 6 heteroatoms. The molecule has 2 rings (SSSR count). The molecule has 1 N–H and O–H groups in total. The highest BCUT2D eigenvalue weighted by Gasteiger charge is 2.08. The average molecular weight is 260 g/mol. The summed E-state index contributed by atoms with van der Waals surface area (Å²) in [6, 6.07) is 9.49. The van der Waals surface area contributed by atoms with E-state index in [9.17, 15) is 14.7 Å². The van der Waals surface area contributed by atoms with E-state index >= 15 is 0 Å². The first-order chi connectivity index (χ1) is 9.15. The van der Waals surface area contributed by atoms with Crippen LogP contribution in [0.1, 0.15) is 10.6 Å². The van der Waals surface area contributed by atoms with Crippen molar-refractivity contribution in [3.63, 3.8) is 0 Å². The third-order valence-electron chi connectivity index (χ3n) is 2.19. The van der Waals surface area contributed by atoms with E-state index in [1.165, 1.54) is 18.4 Å². The number of hydrogen-bond acceptors (Lipinski definition) is 5. The van der Waals surface area contributed by atoms with Gasteiger partial charge in [0.2, 0.25) is 0 Å². The summed E-state index contributed by atoms with van der Waals surface area (Å²) >= 11 is 0. The lowest BCUT2D eigenvalue weighted by molar-refractivity contribution is -0.307. The monoisotopic (exact) mass is 260 g/mol. The summed E-state index contributed by atoms with van der Waals surface area (Å²) in [6.45, 7) is -0.546. The van der Waals surface area contributed by atoms with Gasteiger partial charge >= 0.3 is 0 Å². The van der Waals surface area contributed by atoms with Crippen molar-refractivity contribution in [1.29, 1.82) is 0 Å². The summed E-state index contributed by atoms with van der Waals surface area (Å²) < 4.78 is 9.89. The quantitative estimate of drug-likeness (QED) is 0.852. The molecule has 0 bridgehead atoms. The van der Waals surface area contributed by atoms with Crippen molar-refractivity contribution in [1.82, 2.24) is 0 Å². The van der Waals surface area contributed by atoms with E-state index in [0.29, 0.717) is 11.4 Å². The molecular formula is C13H10NO5-. The van der Waals surface area contributed by atoms with Gasteiger partial charge in [0.15, 0.2) is 5.76 Å². The number of furan rings is 1. The summed E-state index contributed by atoms with van der Waals surface area (Å²) in [4.78, 5) is 22.0. The van der Waals surface area contributed by atoms with Crippen molar-refractivity contribution in [2.75, 3.05) is 11.9 Å². The minimum absolute atomic E-state index is 0.182. The fourth-order valence-corrected chi connectivity index (χ4v) is 1.41. The van der Waals surface area contributed by atoms with Gasteiger partial charge in [-0.2, -0.15) is 0 Å². The first kappa shape index (κ1) is 12.7. The number of hydrogen-bond donors (Lipinski definition) is 1. The lowest BCUT2D eigenvalue weighted by Crippen LogP contribution is -2.28. The zero-order chi connectivity index (χ0) is 13.7. The largest absolute Gasteiger partial charge is 0.546 e. The van der Waals surface area contributed by atoms with Crippen molar-refractivity contribution >= 4 is 17.6 Å². The van der Waals surface area contributed by atoms with Crippen LogP contribution in [0.2, 0.25) is 0 Å². The minimum atomic E-state index is -1.31. The van der Waals surface area contributed by atoms with Crippen LogP contribution in [0, 0.1) is 0 Å². The molecule has 1 aromatic heterocycles. The van der Waals surface area contributed by atoms with Gasteiger partial charge < -0.3 is 24.4 Å². The van der Waals surface area contributed by atoms with Gasteiger partial charge in [-0.15, -0.1) is 0 Å². The average Bonchev–Trinajstić information content (AvgIpc) is 2.91. The van der Waals surface area contributed by atoms with E-state index in [2.05, 4.69) is 5.32 Å². The maximum Gasteiger partial charge on any atom is 0.291 e. The second kappa shape index (κ2) is 5.72. The molecule has 1 aromatic carbocycles. The van der Waals surface area contributed by atoms with Crippen LogP contribution >= 0.6 is 0 Å². The number of amides is 1. The molecule has 1 amide bonds. The Kier molecular flexibility index (Phi) is 3.82. The standard InChI is InChI=1S/C13H11NO5/c15-12(16)8-19-10-4-1-3-9(7-10)14-13(17)11-5-2-6-18-11/h1-7H,8H2,(H,14,17)(H,15,16)/p-1. The highest BCUT2D eigenvalue weighted by molar-refractivity contribution is 6.02. The molecule has 0 unspecified atom stereocenters. The van der Waals surface area contributed by atoms with E-state index in [0.717, 1.165) is 0 Å². The lowest BCUT2D eigenvalue weighted by atomic mass is 10.3. The number of aliphatic carboxylic acids is 1. The molecule has 1 heterocycles. The molecule has 0 saturated carbocycles. The molecule has 0 spiro atoms. The third kappa shape index (κ3) is 3.60. The normalized spacial score (nSPS) is 9.89. The van der Waals surface area contributed by atoms with Crippen LogP contribution in [0.25, 0.3) is 0 Å². The van der Waals surface area contributed by atoms with E-state index in [-0.39, 0.29) is 5.76 Å². The van der Waals surface area contributed by atoms with Gasteiger partial charge in [0.25, 0.3) is 5.91 Å². The number of ether oxygens (including phenoxy) is 1. The Morgan fingerprint density at radius 3 is 2.79 bits per heavy atom. The Morgan fingerprint density at radius 1 is 1.26 bits per heavy atom. The highest BCUT2D eigenvalue weighted by Crippen LogP contribution is 2.18. The number of benzene rings is 1. The fourth-order valence-electron chi connectivity index (χ4n) is 1.41. The third-order valence-corrected chi connectivity index (χ3v) is 2.19. The number of carbonyl (C=O) groups is 2. The van der Waals surface area contributed by atoms with Crippen LogP contribution in [0.4, 0.5) is 5.69 Å². The molecule has 0 atom stereocenters. The number of carboxylic acids is 1. The second-order valence-electron chi connectivity index (χ2n) is 3.62. The topological polar surface area (TPSA) is 91.6 Å². The van der Waals surface area contributed by atoms with Gasteiger partial charge in [-0.25, -0.2) is 0 Å². The summed E-state index contributed by atoms with van der Waals surface area (Å²) in [7, 11) is 0. The summed E-state index contributed by atoms with van der Waals surface area (Å²) in [5.74, 6) is -1.21. The molecule has 0 saturated heterocycles. The van der Waals surface area contributed by atoms with Gasteiger partial charge in [0.1, 0.15) is 12.4 Å². The van der Waals surface area contributed by atoms with E-state index in [4.69, 9.17) is 9.15 Å². The highest BCUT2D eigenvalue weighted by atomic mass is 16.5. The number of carboxylic acid groups (broad SMARTS) is 1. The van der Waals surface area contributed by atoms with Gasteiger partial charge in [0.05, 0.1) is 12.2 Å². The lowest BCUT2D eigenvalue weighted by Gasteiger charge is -2.08. The van der Waals surface area contributed by atoms with Gasteiger partial charge in [-0.3, -0.25) is 4.79 Å². The summed E-state index contributed by atoms with van der Waals surface area (Å²) in [5.41, 5.74) is 0.470. The number of anilines is 1. The molecule has 0 fully saturated rings. The zero-order valence-corrected chi connectivity index (χ0v) is 9.79. The van der Waals surface area contributed by atoms with Crippen molar-refractivity contribution < 1.29 is 23.8 Å². The first-order valence-corrected chi connectivity index (χ1v) is 5.43. The predicted octanol–water partition coefficient (Wildman–Crippen LogP) is 0.661. The first-order valence-electron chi connectivity index (χ1n) is 5.43. The van der Waals surface area contributed by atoms with Crippen molar-refractivity contribution in [2.24, 2.45) is 0 Å². The van der Waals surface area contributed by atoms with E-state index in [1.54, 1.807) is 24.3 Å². The van der Waals surface area contributed by atoms with Crippen LogP contribution in [0.3, 0.4) is 0 Å². The number of nitrogens with one attached hydrogen (secondary N) is 1. The molecule has 0 aliphatic heterocycles. The Bertz CT molecular complexity index is 576. The van der Waals surface area contributed by atoms with Gasteiger partial charge in [-0.05, 0) is 24.3 Å². The predicted molar refractivity (Wildman–Crippen MR) is 63.6 cm³/mol. The summed E-state index contributed by atoms with van der Waals surface area (Å²) in [6.07, 6.45) is 1.40. The van der Waals surface area contributed by atoms with Crippen molar-refractivity contribution in [3.8, 4) is 5.75 Å². The Morgan fingerprint density at radius 2 is 2.11 bits per heavy atom. The number of carbonyl (C=O) groups excluding carboxylic acids is 2. The molecule has 98 valence electrons. The molecule has 0 aliphatic rings. The van der Waals surface area contributed by atoms with Gasteiger partial charge in [-0.1, -0.05) is 6.07 Å². The minimum Gasteiger partial charge on any atom is -0.546 e. The Labute approximate surface area is 108 Å². The van der Waals surface area contributed by atoms with Crippen LogP contribution < -0.4 is 15.2 Å². The Balaban J connectivity index is 2.02. The second-order valence-corrected chi connectivity index (χ2v) is 3.62.